The minimum absolute atomic E-state index is 0.0990. The predicted molar refractivity (Wildman–Crippen MR) is 80.9 cm³/mol. The van der Waals surface area contributed by atoms with E-state index >= 15 is 0 Å². The highest BCUT2D eigenvalue weighted by molar-refractivity contribution is 9.10. The molecule has 1 saturated heterocycles. The normalized spacial score (nSPS) is 19.8. The molecule has 1 aliphatic rings. The van der Waals surface area contributed by atoms with Gasteiger partial charge in [-0.15, -0.1) is 0 Å². The molecule has 0 bridgehead atoms. The largest absolute Gasteiger partial charge is 0.479 e. The molecule has 2 rings (SSSR count). The summed E-state index contributed by atoms with van der Waals surface area (Å²) in [5.74, 6) is -1.37. The third-order valence-electron chi connectivity index (χ3n) is 3.44. The summed E-state index contributed by atoms with van der Waals surface area (Å²) in [6, 6.07) is 5.83. The van der Waals surface area contributed by atoms with Gasteiger partial charge in [-0.05, 0) is 37.0 Å². The standard InChI is InChI=1S/C15H18BrNO4/c16-11-6-4-10(5-7-11)14(15(19)20)17-13(18)9-12-3-1-2-8-21-12/h4-7,12,14H,1-3,8-9H2,(H,17,18)(H,19,20). The molecule has 1 aliphatic heterocycles. The summed E-state index contributed by atoms with van der Waals surface area (Å²) >= 11 is 3.30. The summed E-state index contributed by atoms with van der Waals surface area (Å²) in [7, 11) is 0. The first-order valence-corrected chi connectivity index (χ1v) is 7.75. The molecule has 6 heteroatoms. The number of carbonyl (C=O) groups is 2. The van der Waals surface area contributed by atoms with Crippen LogP contribution in [0.1, 0.15) is 37.3 Å². The van der Waals surface area contributed by atoms with Crippen molar-refractivity contribution >= 4 is 27.8 Å². The van der Waals surface area contributed by atoms with E-state index in [1.807, 2.05) is 0 Å². The lowest BCUT2D eigenvalue weighted by molar-refractivity contribution is -0.142. The van der Waals surface area contributed by atoms with Crippen molar-refractivity contribution in [2.75, 3.05) is 6.61 Å². The van der Waals surface area contributed by atoms with Crippen molar-refractivity contribution in [1.29, 1.82) is 0 Å². The van der Waals surface area contributed by atoms with Gasteiger partial charge in [0.05, 0.1) is 12.5 Å². The lowest BCUT2D eigenvalue weighted by Crippen LogP contribution is -2.36. The van der Waals surface area contributed by atoms with Crippen LogP contribution < -0.4 is 5.32 Å². The quantitative estimate of drug-likeness (QED) is 0.851. The van der Waals surface area contributed by atoms with E-state index in [2.05, 4.69) is 21.2 Å². The predicted octanol–water partition coefficient (Wildman–Crippen LogP) is 2.65. The highest BCUT2D eigenvalue weighted by Gasteiger charge is 2.24. The Balaban J connectivity index is 1.97. The van der Waals surface area contributed by atoms with Crippen LogP contribution in [0.2, 0.25) is 0 Å². The van der Waals surface area contributed by atoms with Gasteiger partial charge in [0.2, 0.25) is 5.91 Å². The van der Waals surface area contributed by atoms with E-state index in [9.17, 15) is 14.7 Å². The maximum Gasteiger partial charge on any atom is 0.330 e. The number of nitrogens with one attached hydrogen (secondary N) is 1. The summed E-state index contributed by atoms with van der Waals surface area (Å²) in [5, 5.41) is 11.9. The fraction of sp³-hybridized carbons (Fsp3) is 0.467. The Hall–Kier alpha value is -1.40. The Morgan fingerprint density at radius 3 is 2.62 bits per heavy atom. The number of carboxylic acid groups (broad SMARTS) is 1. The van der Waals surface area contributed by atoms with E-state index in [1.165, 1.54) is 0 Å². The molecule has 2 N–H and O–H groups in total. The molecule has 0 aliphatic carbocycles. The molecular formula is C15H18BrNO4. The summed E-state index contributed by atoms with van der Waals surface area (Å²) in [6.45, 7) is 0.674. The summed E-state index contributed by atoms with van der Waals surface area (Å²) in [6.07, 6.45) is 3.03. The van der Waals surface area contributed by atoms with Crippen molar-refractivity contribution in [3.63, 3.8) is 0 Å². The van der Waals surface area contributed by atoms with Crippen LogP contribution in [0.4, 0.5) is 0 Å². The topological polar surface area (TPSA) is 75.6 Å². The van der Waals surface area contributed by atoms with Crippen LogP contribution in [0.15, 0.2) is 28.7 Å². The number of halogens is 1. The number of hydrogen-bond donors (Lipinski definition) is 2. The fourth-order valence-corrected chi connectivity index (χ4v) is 2.60. The van der Waals surface area contributed by atoms with E-state index in [1.54, 1.807) is 24.3 Å². The maximum absolute atomic E-state index is 12.0. The molecule has 1 aromatic rings. The number of benzene rings is 1. The summed E-state index contributed by atoms with van der Waals surface area (Å²) in [5.41, 5.74) is 0.545. The zero-order chi connectivity index (χ0) is 15.2. The Morgan fingerprint density at radius 1 is 1.33 bits per heavy atom. The number of aliphatic carboxylic acids is 1. The fourth-order valence-electron chi connectivity index (χ4n) is 2.34. The summed E-state index contributed by atoms with van der Waals surface area (Å²) in [4.78, 5) is 23.4. The molecule has 5 nitrogen and oxygen atoms in total. The highest BCUT2D eigenvalue weighted by atomic mass is 79.9. The number of carboxylic acids is 1. The van der Waals surface area contributed by atoms with Crippen LogP contribution in [-0.2, 0) is 14.3 Å². The van der Waals surface area contributed by atoms with Gasteiger partial charge in [0.25, 0.3) is 0 Å². The Bertz CT molecular complexity index is 497. The van der Waals surface area contributed by atoms with Crippen LogP contribution >= 0.6 is 15.9 Å². The molecule has 2 unspecified atom stereocenters. The molecule has 1 heterocycles. The van der Waals surface area contributed by atoms with Gasteiger partial charge in [0.1, 0.15) is 0 Å². The highest BCUT2D eigenvalue weighted by Crippen LogP contribution is 2.19. The molecule has 0 saturated carbocycles. The average molecular weight is 356 g/mol. The molecule has 1 aromatic carbocycles. The van der Waals surface area contributed by atoms with Gasteiger partial charge in [-0.1, -0.05) is 28.1 Å². The van der Waals surface area contributed by atoms with Crippen molar-refractivity contribution < 1.29 is 19.4 Å². The third-order valence-corrected chi connectivity index (χ3v) is 3.97. The van der Waals surface area contributed by atoms with Crippen LogP contribution in [0.5, 0.6) is 0 Å². The molecule has 21 heavy (non-hydrogen) atoms. The van der Waals surface area contributed by atoms with Crippen LogP contribution in [-0.4, -0.2) is 29.7 Å². The SMILES string of the molecule is O=C(CC1CCCCO1)NC(C(=O)O)c1ccc(Br)cc1. The van der Waals surface area contributed by atoms with E-state index in [4.69, 9.17) is 4.74 Å². The zero-order valence-corrected chi connectivity index (χ0v) is 13.1. The summed E-state index contributed by atoms with van der Waals surface area (Å²) < 4.78 is 6.36. The lowest BCUT2D eigenvalue weighted by Gasteiger charge is -2.23. The van der Waals surface area contributed by atoms with E-state index < -0.39 is 12.0 Å². The Morgan fingerprint density at radius 2 is 2.05 bits per heavy atom. The van der Waals surface area contributed by atoms with Crippen LogP contribution in [0.25, 0.3) is 0 Å². The molecule has 1 amide bonds. The Kier molecular flexibility index (Phi) is 5.76. The van der Waals surface area contributed by atoms with Gasteiger partial charge >= 0.3 is 5.97 Å². The van der Waals surface area contributed by atoms with Gasteiger partial charge in [0.15, 0.2) is 6.04 Å². The monoisotopic (exact) mass is 355 g/mol. The molecule has 0 aromatic heterocycles. The molecule has 0 radical (unpaired) electrons. The van der Waals surface area contributed by atoms with Crippen LogP contribution in [0.3, 0.4) is 0 Å². The first kappa shape index (κ1) is 16.0. The minimum Gasteiger partial charge on any atom is -0.479 e. The number of ether oxygens (including phenoxy) is 1. The Labute approximate surface area is 131 Å². The van der Waals surface area contributed by atoms with Crippen molar-refractivity contribution in [1.82, 2.24) is 5.32 Å². The van der Waals surface area contributed by atoms with Gasteiger partial charge in [-0.3, -0.25) is 4.79 Å². The van der Waals surface area contributed by atoms with Gasteiger partial charge in [-0.2, -0.15) is 0 Å². The molecule has 114 valence electrons. The molecule has 1 fully saturated rings. The number of amides is 1. The lowest BCUT2D eigenvalue weighted by atomic mass is 10.0. The van der Waals surface area contributed by atoms with E-state index in [0.717, 1.165) is 23.7 Å². The zero-order valence-electron chi connectivity index (χ0n) is 11.5. The second-order valence-electron chi connectivity index (χ2n) is 5.08. The second kappa shape index (κ2) is 7.56. The number of hydrogen-bond acceptors (Lipinski definition) is 3. The number of rotatable bonds is 5. The average Bonchev–Trinajstić information content (AvgIpc) is 2.47. The number of carbonyl (C=O) groups excluding carboxylic acids is 1. The van der Waals surface area contributed by atoms with E-state index in [0.29, 0.717) is 12.2 Å². The van der Waals surface area contributed by atoms with Gasteiger partial charge in [0, 0.05) is 11.1 Å². The third kappa shape index (κ3) is 4.82. The molecular weight excluding hydrogens is 338 g/mol. The first-order chi connectivity index (χ1) is 10.1. The van der Waals surface area contributed by atoms with E-state index in [-0.39, 0.29) is 18.4 Å². The van der Waals surface area contributed by atoms with Gasteiger partial charge in [-0.25, -0.2) is 4.79 Å². The molecule has 0 spiro atoms. The van der Waals surface area contributed by atoms with Crippen molar-refractivity contribution in [2.24, 2.45) is 0 Å². The van der Waals surface area contributed by atoms with Crippen LogP contribution in [0, 0.1) is 0 Å². The minimum atomic E-state index is -1.07. The first-order valence-electron chi connectivity index (χ1n) is 6.95. The second-order valence-corrected chi connectivity index (χ2v) is 6.00. The van der Waals surface area contributed by atoms with Crippen molar-refractivity contribution in [3.05, 3.63) is 34.3 Å². The van der Waals surface area contributed by atoms with Crippen molar-refractivity contribution in [3.8, 4) is 0 Å². The van der Waals surface area contributed by atoms with Crippen molar-refractivity contribution in [2.45, 2.75) is 37.8 Å². The smallest absolute Gasteiger partial charge is 0.330 e. The van der Waals surface area contributed by atoms with Gasteiger partial charge < -0.3 is 15.2 Å². The maximum atomic E-state index is 12.0. The molecule has 2 atom stereocenters.